The number of carboxylic acid groups (broad SMARTS) is 1. The van der Waals surface area contributed by atoms with Crippen molar-refractivity contribution in [3.05, 3.63) is 88.9 Å². The van der Waals surface area contributed by atoms with Gasteiger partial charge in [-0.3, -0.25) is 0 Å². The number of rotatable bonds is 15. The van der Waals surface area contributed by atoms with Gasteiger partial charge >= 0.3 is 5.97 Å². The van der Waals surface area contributed by atoms with E-state index >= 15 is 0 Å². The molecule has 0 saturated carbocycles. The van der Waals surface area contributed by atoms with Gasteiger partial charge in [0, 0.05) is 6.08 Å². The molecule has 0 fully saturated rings. The fourth-order valence-corrected chi connectivity index (χ4v) is 5.79. The summed E-state index contributed by atoms with van der Waals surface area (Å²) in [5.74, 6) is 0.0849. The maximum atomic E-state index is 11.8. The van der Waals surface area contributed by atoms with Crippen LogP contribution in [-0.2, 0) is 4.79 Å². The van der Waals surface area contributed by atoms with Gasteiger partial charge in [0.25, 0.3) is 0 Å². The highest BCUT2D eigenvalue weighted by atomic mass is 16.4. The molecule has 3 aromatic rings. The number of carboxylic acids is 1. The molecule has 0 bridgehead atoms. The molecule has 6 N–H and O–H groups in total. The Balaban J connectivity index is 1.65. The number of hydrogen-bond acceptors (Lipinski definition) is 2. The van der Waals surface area contributed by atoms with E-state index in [2.05, 4.69) is 65.5 Å². The molecule has 1 aliphatic rings. The van der Waals surface area contributed by atoms with E-state index in [1.807, 2.05) is 18.3 Å². The van der Waals surface area contributed by atoms with Crippen molar-refractivity contribution in [2.75, 3.05) is 6.54 Å². The van der Waals surface area contributed by atoms with Gasteiger partial charge in [0.1, 0.15) is 0 Å². The van der Waals surface area contributed by atoms with E-state index < -0.39 is 12.0 Å². The summed E-state index contributed by atoms with van der Waals surface area (Å²) >= 11 is 0. The number of aromatic amines is 1. The molecule has 0 saturated heterocycles. The van der Waals surface area contributed by atoms with Crippen LogP contribution >= 0.6 is 0 Å². The van der Waals surface area contributed by atoms with Gasteiger partial charge in [-0.05, 0) is 64.3 Å². The number of hydrogen-bond donors (Lipinski definition) is 4. The van der Waals surface area contributed by atoms with Crippen LogP contribution in [0.25, 0.3) is 22.2 Å². The Morgan fingerprint density at radius 2 is 1.82 bits per heavy atom. The van der Waals surface area contributed by atoms with Crippen LogP contribution in [0.4, 0.5) is 5.82 Å². The maximum absolute atomic E-state index is 11.8. The fraction of sp³-hybridized carbons (Fsp3) is 0.394. The van der Waals surface area contributed by atoms with Crippen molar-refractivity contribution in [1.82, 2.24) is 4.98 Å². The Labute approximate surface area is 237 Å². The molecule has 0 radical (unpaired) electrons. The Bertz CT molecular complexity index is 1340. The van der Waals surface area contributed by atoms with Crippen LogP contribution in [0.15, 0.2) is 77.4 Å². The Hall–Kier alpha value is -4.00. The minimum atomic E-state index is -1.04. The van der Waals surface area contributed by atoms with Crippen LogP contribution in [-0.4, -0.2) is 34.6 Å². The van der Waals surface area contributed by atoms with Gasteiger partial charge in [0.05, 0.1) is 6.54 Å². The molecule has 7 heteroatoms. The van der Waals surface area contributed by atoms with Crippen LogP contribution in [0, 0.1) is 5.92 Å². The summed E-state index contributed by atoms with van der Waals surface area (Å²) in [6.07, 6.45) is 16.8. The van der Waals surface area contributed by atoms with E-state index in [9.17, 15) is 9.90 Å². The van der Waals surface area contributed by atoms with E-state index in [1.54, 1.807) is 0 Å². The van der Waals surface area contributed by atoms with E-state index in [0.29, 0.717) is 23.7 Å². The zero-order chi connectivity index (χ0) is 28.3. The molecule has 212 valence electrons. The van der Waals surface area contributed by atoms with Gasteiger partial charge in [-0.2, -0.15) is 0 Å². The molecule has 0 spiro atoms. The number of nitrogens with one attached hydrogen (secondary N) is 1. The van der Waals surface area contributed by atoms with Gasteiger partial charge < -0.3 is 26.9 Å². The van der Waals surface area contributed by atoms with E-state index in [0.717, 1.165) is 12.8 Å². The number of nitrogens with two attached hydrogens (primary N) is 2. The van der Waals surface area contributed by atoms with Crippen LogP contribution < -0.4 is 11.5 Å². The average Bonchev–Trinajstić information content (AvgIpc) is 3.45. The molecule has 7 nitrogen and oxygen atoms in total. The molecule has 1 aromatic heterocycles. The number of aromatic nitrogens is 1. The molecular weight excluding hydrogens is 498 g/mol. The van der Waals surface area contributed by atoms with Gasteiger partial charge in [0.15, 0.2) is 5.96 Å². The second-order valence-electron chi connectivity index (χ2n) is 10.7. The van der Waals surface area contributed by atoms with Crippen molar-refractivity contribution in [3.63, 3.8) is 0 Å². The first-order valence-corrected chi connectivity index (χ1v) is 14.5. The van der Waals surface area contributed by atoms with Gasteiger partial charge in [-0.25, -0.2) is 9.79 Å². The van der Waals surface area contributed by atoms with Crippen molar-refractivity contribution in [2.45, 2.75) is 70.3 Å². The first kappa shape index (κ1) is 29.0. The number of aliphatic imine (C=N–C) groups is 1. The van der Waals surface area contributed by atoms with Gasteiger partial charge in [-0.15, -0.1) is 0 Å². The van der Waals surface area contributed by atoms with Crippen LogP contribution in [0.2, 0.25) is 0 Å². The highest BCUT2D eigenvalue weighted by Crippen LogP contribution is 2.43. The van der Waals surface area contributed by atoms with Crippen molar-refractivity contribution < 1.29 is 9.90 Å². The second-order valence-corrected chi connectivity index (χ2v) is 10.7. The summed E-state index contributed by atoms with van der Waals surface area (Å²) in [5, 5.41) is 17.1. The molecule has 2 aromatic carbocycles. The predicted octanol–water partition coefficient (Wildman–Crippen LogP) is 7.39. The number of H-pyrrole nitrogens is 1. The van der Waals surface area contributed by atoms with E-state index in [-0.39, 0.29) is 18.4 Å². The Kier molecular flexibility index (Phi) is 10.4. The third kappa shape index (κ3) is 8.01. The summed E-state index contributed by atoms with van der Waals surface area (Å²) in [4.78, 5) is 19.1. The molecular formula is C33H42N5O2-. The van der Waals surface area contributed by atoms with Crippen molar-refractivity contribution >= 4 is 34.6 Å². The lowest BCUT2D eigenvalue weighted by atomic mass is 9.73. The highest BCUT2D eigenvalue weighted by molar-refractivity contribution is 5.87. The summed E-state index contributed by atoms with van der Waals surface area (Å²) in [5.41, 5.74) is 14.4. The summed E-state index contributed by atoms with van der Waals surface area (Å²) < 4.78 is 0. The number of unbranched alkanes of at least 4 members (excludes halogenated alkanes) is 5. The maximum Gasteiger partial charge on any atom is 0.328 e. The third-order valence-corrected chi connectivity index (χ3v) is 7.81. The van der Waals surface area contributed by atoms with Gasteiger partial charge in [0.2, 0.25) is 0 Å². The summed E-state index contributed by atoms with van der Waals surface area (Å²) in [7, 11) is 0. The standard InChI is InChI=1S/C33H42N5O2/c1-2-3-4-5-6-7-13-28-26(16-15-25-18-23-11-8-9-12-24(23)19-29(25)28)20-30(38-31-14-10-17-36-31)27(21-32(39)40)22-37-33(34)35/h8-12,14-19,21,26,28,30,36H,2-7,13,20,22H2,1H3,(H,39,40)(H4,34,35,37)/q-1/b27-21+/t26-,28-,30+/m0/s1. The monoisotopic (exact) mass is 540 g/mol. The normalized spacial score (nSPS) is 17.4. The minimum absolute atomic E-state index is 0.0748. The molecule has 3 atom stereocenters. The zero-order valence-corrected chi connectivity index (χ0v) is 23.4. The molecule has 1 aliphatic carbocycles. The smallest absolute Gasteiger partial charge is 0.328 e. The first-order chi connectivity index (χ1) is 19.4. The number of benzene rings is 2. The van der Waals surface area contributed by atoms with Crippen LogP contribution in [0.3, 0.4) is 0 Å². The molecule has 0 unspecified atom stereocenters. The van der Waals surface area contributed by atoms with E-state index in [1.165, 1.54) is 60.1 Å². The van der Waals surface area contributed by atoms with Gasteiger partial charge in [-0.1, -0.05) is 112 Å². The molecule has 4 rings (SSSR count). The number of nitrogens with zero attached hydrogens (tertiary/aromatic N) is 2. The second kappa shape index (κ2) is 14.4. The first-order valence-electron chi connectivity index (χ1n) is 14.5. The lowest BCUT2D eigenvalue weighted by Gasteiger charge is -2.36. The SMILES string of the molecule is CCCCCCCC[C@@H]1c2cc3ccccc3cc2C=C[C@H]1C[C@@H]([N-]c1ccc[nH]1)/C(=C/C(=O)O)CN=C(N)N. The topological polar surface area (TPSA) is 132 Å². The Morgan fingerprint density at radius 1 is 1.07 bits per heavy atom. The summed E-state index contributed by atoms with van der Waals surface area (Å²) in [6, 6.07) is 16.5. The molecule has 40 heavy (non-hydrogen) atoms. The fourth-order valence-electron chi connectivity index (χ4n) is 5.79. The average molecular weight is 541 g/mol. The van der Waals surface area contributed by atoms with Crippen LogP contribution in [0.5, 0.6) is 0 Å². The van der Waals surface area contributed by atoms with Crippen molar-refractivity contribution in [2.24, 2.45) is 22.4 Å². The predicted molar refractivity (Wildman–Crippen MR) is 166 cm³/mol. The number of aliphatic carboxylic acids is 1. The molecule has 1 heterocycles. The van der Waals surface area contributed by atoms with Crippen molar-refractivity contribution in [1.29, 1.82) is 0 Å². The number of fused-ring (bicyclic) bond motifs is 2. The number of guanidine groups is 1. The summed E-state index contributed by atoms with van der Waals surface area (Å²) in [6.45, 7) is 2.33. The lowest BCUT2D eigenvalue weighted by Crippen LogP contribution is -2.26. The Morgan fingerprint density at radius 3 is 2.52 bits per heavy atom. The van der Waals surface area contributed by atoms with E-state index in [4.69, 9.17) is 16.8 Å². The lowest BCUT2D eigenvalue weighted by molar-refractivity contribution is -0.131. The van der Waals surface area contributed by atoms with Crippen molar-refractivity contribution in [3.8, 4) is 0 Å². The molecule has 0 aliphatic heterocycles. The number of allylic oxidation sites excluding steroid dienone is 1. The zero-order valence-electron chi connectivity index (χ0n) is 23.4. The quantitative estimate of drug-likeness (QED) is 0.0692. The van der Waals surface area contributed by atoms with Crippen LogP contribution in [0.1, 0.15) is 75.3 Å². The minimum Gasteiger partial charge on any atom is -0.478 e. The molecule has 0 amide bonds. The highest BCUT2D eigenvalue weighted by Gasteiger charge is 2.29. The largest absolute Gasteiger partial charge is 0.478 e. The third-order valence-electron chi connectivity index (χ3n) is 7.81. The number of carbonyl (C=O) groups is 1.